The van der Waals surface area contributed by atoms with Crippen LogP contribution in [-0.2, 0) is 0 Å². The van der Waals surface area contributed by atoms with E-state index in [1.165, 1.54) is 0 Å². The standard InChI is InChI=1S/C15H12ClNO/c1-10(18)13-6-14(8-15(16)7-13)12-4-2-11(9-17)3-5-12/h2-8,10,18H,1H3. The van der Waals surface area contributed by atoms with E-state index in [2.05, 4.69) is 6.07 Å². The van der Waals surface area contributed by atoms with Gasteiger partial charge in [-0.1, -0.05) is 23.7 Å². The van der Waals surface area contributed by atoms with E-state index in [1.807, 2.05) is 24.3 Å². The van der Waals surface area contributed by atoms with Crippen LogP contribution in [0.5, 0.6) is 0 Å². The van der Waals surface area contributed by atoms with Crippen molar-refractivity contribution in [3.63, 3.8) is 0 Å². The lowest BCUT2D eigenvalue weighted by Gasteiger charge is -2.09. The van der Waals surface area contributed by atoms with Crippen LogP contribution in [0.3, 0.4) is 0 Å². The van der Waals surface area contributed by atoms with Crippen LogP contribution in [0.2, 0.25) is 5.02 Å². The van der Waals surface area contributed by atoms with E-state index in [0.29, 0.717) is 10.6 Å². The topological polar surface area (TPSA) is 44.0 Å². The number of nitriles is 1. The van der Waals surface area contributed by atoms with Crippen LogP contribution in [0.4, 0.5) is 0 Å². The first kappa shape index (κ1) is 12.6. The summed E-state index contributed by atoms with van der Waals surface area (Å²) in [5.41, 5.74) is 3.31. The molecule has 0 amide bonds. The maximum Gasteiger partial charge on any atom is 0.0991 e. The molecule has 0 aliphatic rings. The average Bonchev–Trinajstić information content (AvgIpc) is 2.38. The molecule has 0 heterocycles. The number of rotatable bonds is 2. The molecule has 2 nitrogen and oxygen atoms in total. The molecule has 0 aromatic heterocycles. The summed E-state index contributed by atoms with van der Waals surface area (Å²) in [7, 11) is 0. The summed E-state index contributed by atoms with van der Waals surface area (Å²) >= 11 is 6.04. The molecule has 0 fully saturated rings. The Morgan fingerprint density at radius 1 is 1.11 bits per heavy atom. The lowest BCUT2D eigenvalue weighted by Crippen LogP contribution is -1.91. The third-order valence-electron chi connectivity index (χ3n) is 2.75. The van der Waals surface area contributed by atoms with E-state index < -0.39 is 6.10 Å². The minimum atomic E-state index is -0.555. The fourth-order valence-electron chi connectivity index (χ4n) is 1.76. The minimum absolute atomic E-state index is 0.555. The van der Waals surface area contributed by atoms with Gasteiger partial charge >= 0.3 is 0 Å². The van der Waals surface area contributed by atoms with Crippen LogP contribution in [0.25, 0.3) is 11.1 Å². The molecule has 1 unspecified atom stereocenters. The molecule has 0 spiro atoms. The summed E-state index contributed by atoms with van der Waals surface area (Å²) in [6, 6.07) is 14.8. The maximum atomic E-state index is 9.60. The van der Waals surface area contributed by atoms with Crippen molar-refractivity contribution < 1.29 is 5.11 Å². The molecule has 0 saturated carbocycles. The Kier molecular flexibility index (Phi) is 3.66. The van der Waals surface area contributed by atoms with E-state index in [1.54, 1.807) is 25.1 Å². The molecule has 0 saturated heterocycles. The molecule has 0 radical (unpaired) electrons. The average molecular weight is 258 g/mol. The maximum absolute atomic E-state index is 9.60. The van der Waals surface area contributed by atoms with Gasteiger partial charge in [0.15, 0.2) is 0 Å². The Morgan fingerprint density at radius 3 is 2.33 bits per heavy atom. The zero-order chi connectivity index (χ0) is 13.1. The zero-order valence-corrected chi connectivity index (χ0v) is 10.6. The number of aliphatic hydroxyl groups is 1. The third kappa shape index (κ3) is 2.70. The van der Waals surface area contributed by atoms with E-state index in [-0.39, 0.29) is 0 Å². The zero-order valence-electron chi connectivity index (χ0n) is 9.89. The number of aliphatic hydroxyl groups excluding tert-OH is 1. The van der Waals surface area contributed by atoms with Gasteiger partial charge in [-0.3, -0.25) is 0 Å². The molecule has 1 N–H and O–H groups in total. The molecular formula is C15H12ClNO. The molecule has 90 valence electrons. The first-order valence-corrected chi connectivity index (χ1v) is 5.97. The fraction of sp³-hybridized carbons (Fsp3) is 0.133. The second kappa shape index (κ2) is 5.22. The van der Waals surface area contributed by atoms with Crippen LogP contribution < -0.4 is 0 Å². The van der Waals surface area contributed by atoms with Crippen LogP contribution in [0.15, 0.2) is 42.5 Å². The highest BCUT2D eigenvalue weighted by Gasteiger charge is 2.06. The van der Waals surface area contributed by atoms with Crippen molar-refractivity contribution in [3.8, 4) is 17.2 Å². The van der Waals surface area contributed by atoms with Crippen molar-refractivity contribution in [2.24, 2.45) is 0 Å². The lowest BCUT2D eigenvalue weighted by molar-refractivity contribution is 0.199. The lowest BCUT2D eigenvalue weighted by atomic mass is 10.0. The van der Waals surface area contributed by atoms with Gasteiger partial charge in [-0.15, -0.1) is 0 Å². The molecule has 2 aromatic rings. The first-order valence-electron chi connectivity index (χ1n) is 5.59. The van der Waals surface area contributed by atoms with Crippen LogP contribution in [0, 0.1) is 11.3 Å². The summed E-state index contributed by atoms with van der Waals surface area (Å²) in [5.74, 6) is 0. The molecule has 3 heteroatoms. The predicted molar refractivity (Wildman–Crippen MR) is 72.2 cm³/mol. The van der Waals surface area contributed by atoms with Gasteiger partial charge in [0.05, 0.1) is 17.7 Å². The van der Waals surface area contributed by atoms with E-state index in [0.717, 1.165) is 16.7 Å². The summed E-state index contributed by atoms with van der Waals surface area (Å²) in [5, 5.41) is 18.9. The van der Waals surface area contributed by atoms with Crippen molar-refractivity contribution in [3.05, 3.63) is 58.6 Å². The van der Waals surface area contributed by atoms with Gasteiger partial charge in [-0.05, 0) is 53.9 Å². The molecule has 2 rings (SSSR count). The van der Waals surface area contributed by atoms with Crippen molar-refractivity contribution in [2.75, 3.05) is 0 Å². The second-order valence-electron chi connectivity index (χ2n) is 4.14. The molecular weight excluding hydrogens is 246 g/mol. The van der Waals surface area contributed by atoms with Gasteiger partial charge in [0, 0.05) is 5.02 Å². The molecule has 0 bridgehead atoms. The molecule has 2 aromatic carbocycles. The third-order valence-corrected chi connectivity index (χ3v) is 2.97. The highest BCUT2D eigenvalue weighted by Crippen LogP contribution is 2.27. The second-order valence-corrected chi connectivity index (χ2v) is 4.57. The minimum Gasteiger partial charge on any atom is -0.389 e. The SMILES string of the molecule is CC(O)c1cc(Cl)cc(-c2ccc(C#N)cc2)c1. The van der Waals surface area contributed by atoms with Crippen molar-refractivity contribution in [1.29, 1.82) is 5.26 Å². The highest BCUT2D eigenvalue weighted by molar-refractivity contribution is 6.31. The molecule has 1 atom stereocenters. The number of hydrogen-bond acceptors (Lipinski definition) is 2. The monoisotopic (exact) mass is 257 g/mol. The van der Waals surface area contributed by atoms with Gasteiger partial charge in [0.25, 0.3) is 0 Å². The summed E-state index contributed by atoms with van der Waals surface area (Å²) in [4.78, 5) is 0. The van der Waals surface area contributed by atoms with Crippen molar-refractivity contribution >= 4 is 11.6 Å². The highest BCUT2D eigenvalue weighted by atomic mass is 35.5. The predicted octanol–water partition coefficient (Wildman–Crippen LogP) is 3.93. The van der Waals surface area contributed by atoms with Gasteiger partial charge in [0.2, 0.25) is 0 Å². The van der Waals surface area contributed by atoms with Crippen molar-refractivity contribution in [1.82, 2.24) is 0 Å². The van der Waals surface area contributed by atoms with Gasteiger partial charge in [-0.25, -0.2) is 0 Å². The van der Waals surface area contributed by atoms with E-state index in [4.69, 9.17) is 16.9 Å². The normalized spacial score (nSPS) is 11.9. The van der Waals surface area contributed by atoms with Gasteiger partial charge in [0.1, 0.15) is 0 Å². The largest absolute Gasteiger partial charge is 0.389 e. The molecule has 0 aliphatic carbocycles. The number of nitrogens with zero attached hydrogens (tertiary/aromatic N) is 1. The smallest absolute Gasteiger partial charge is 0.0991 e. The summed E-state index contributed by atoms with van der Waals surface area (Å²) in [6.07, 6.45) is -0.555. The van der Waals surface area contributed by atoms with Crippen LogP contribution in [-0.4, -0.2) is 5.11 Å². The van der Waals surface area contributed by atoms with E-state index >= 15 is 0 Å². The van der Waals surface area contributed by atoms with Gasteiger partial charge in [-0.2, -0.15) is 5.26 Å². The van der Waals surface area contributed by atoms with Gasteiger partial charge < -0.3 is 5.11 Å². The Hall–Kier alpha value is -1.82. The Balaban J connectivity index is 2.46. The number of benzene rings is 2. The Morgan fingerprint density at radius 2 is 1.78 bits per heavy atom. The van der Waals surface area contributed by atoms with Crippen LogP contribution in [0.1, 0.15) is 24.2 Å². The Labute approximate surface area is 111 Å². The summed E-state index contributed by atoms with van der Waals surface area (Å²) < 4.78 is 0. The number of halogens is 1. The van der Waals surface area contributed by atoms with E-state index in [9.17, 15) is 5.11 Å². The quantitative estimate of drug-likeness (QED) is 0.886. The summed E-state index contributed by atoms with van der Waals surface area (Å²) in [6.45, 7) is 1.70. The molecule has 0 aliphatic heterocycles. The number of hydrogen-bond donors (Lipinski definition) is 1. The molecule has 18 heavy (non-hydrogen) atoms. The first-order chi connectivity index (χ1) is 8.60. The van der Waals surface area contributed by atoms with Crippen LogP contribution >= 0.6 is 11.6 Å². The Bertz CT molecular complexity index is 597. The van der Waals surface area contributed by atoms with Crippen molar-refractivity contribution in [2.45, 2.75) is 13.0 Å². The fourth-order valence-corrected chi connectivity index (χ4v) is 2.00.